The first kappa shape index (κ1) is 10.8. The smallest absolute Gasteiger partial charge is 0.141 e. The number of halogens is 1. The van der Waals surface area contributed by atoms with Crippen LogP contribution >= 0.6 is 11.6 Å². The van der Waals surface area contributed by atoms with Crippen LogP contribution in [0.25, 0.3) is 17.0 Å². The number of Topliss-reactive ketones (excluding diaryl/α,β-unsaturated/α-hetero) is 1. The minimum absolute atomic E-state index is 0.200. The van der Waals surface area contributed by atoms with Crippen LogP contribution in [0.2, 0.25) is 5.02 Å². The van der Waals surface area contributed by atoms with Crippen LogP contribution in [0.1, 0.15) is 12.0 Å². The Morgan fingerprint density at radius 3 is 3.05 bits per heavy atom. The van der Waals surface area contributed by atoms with Crippen LogP contribution in [-0.2, 0) is 11.2 Å². The molecule has 0 spiro atoms. The zero-order chi connectivity index (χ0) is 13.0. The number of hydrogen-bond donors (Lipinski definition) is 0. The zero-order valence-corrected chi connectivity index (χ0v) is 10.5. The van der Waals surface area contributed by atoms with E-state index in [1.165, 1.54) is 0 Å². The third kappa shape index (κ3) is 1.51. The third-order valence-corrected chi connectivity index (χ3v) is 3.62. The number of benzene rings is 1. The fourth-order valence-corrected chi connectivity index (χ4v) is 2.66. The van der Waals surface area contributed by atoms with Gasteiger partial charge in [0.2, 0.25) is 0 Å². The lowest BCUT2D eigenvalue weighted by molar-refractivity contribution is -0.117. The lowest BCUT2D eigenvalue weighted by atomic mass is 9.99. The summed E-state index contributed by atoms with van der Waals surface area (Å²) in [5.74, 6) is 0.200. The maximum absolute atomic E-state index is 11.5. The van der Waals surface area contributed by atoms with Crippen molar-refractivity contribution >= 4 is 40.1 Å². The van der Waals surface area contributed by atoms with Crippen molar-refractivity contribution in [1.82, 2.24) is 4.98 Å². The molecular weight excluding hydrogens is 264 g/mol. The van der Waals surface area contributed by atoms with Crippen LogP contribution in [0.15, 0.2) is 27.6 Å². The van der Waals surface area contributed by atoms with Gasteiger partial charge in [0.1, 0.15) is 16.8 Å². The summed E-state index contributed by atoms with van der Waals surface area (Å²) in [6, 6.07) is 3.71. The zero-order valence-electron chi connectivity index (χ0n) is 9.72. The molecule has 1 aliphatic carbocycles. The number of carbonyl (C=O) groups is 1. The Labute approximate surface area is 112 Å². The van der Waals surface area contributed by atoms with Crippen LogP contribution in [0.4, 0.5) is 5.69 Å². The summed E-state index contributed by atoms with van der Waals surface area (Å²) < 4.78 is 0. The van der Waals surface area contributed by atoms with E-state index in [2.05, 4.69) is 20.4 Å². The number of hydrogen-bond acceptors (Lipinski definition) is 5. The van der Waals surface area contributed by atoms with E-state index in [0.717, 1.165) is 21.8 Å². The highest BCUT2D eigenvalue weighted by molar-refractivity contribution is 6.31. The highest BCUT2D eigenvalue weighted by Gasteiger charge is 2.16. The molecule has 0 saturated heterocycles. The van der Waals surface area contributed by atoms with Gasteiger partial charge in [-0.25, -0.2) is 4.98 Å². The Bertz CT molecular complexity index is 901. The number of aromatic nitrogens is 1. The predicted molar refractivity (Wildman–Crippen MR) is 69.8 cm³/mol. The summed E-state index contributed by atoms with van der Waals surface area (Å²) >= 11 is 6.14. The van der Waals surface area contributed by atoms with Gasteiger partial charge in [0.05, 0.1) is 15.9 Å². The van der Waals surface area contributed by atoms with E-state index < -0.39 is 0 Å². The number of nitrogens with zero attached hydrogens (tertiary/aromatic N) is 4. The average Bonchev–Trinajstić information content (AvgIpc) is 2.87. The molecule has 6 heteroatoms. The second kappa shape index (κ2) is 3.68. The van der Waals surface area contributed by atoms with E-state index in [1.807, 2.05) is 12.1 Å². The third-order valence-electron chi connectivity index (χ3n) is 3.33. The Morgan fingerprint density at radius 1 is 1.26 bits per heavy atom. The summed E-state index contributed by atoms with van der Waals surface area (Å²) in [4.78, 5) is 16.1. The first-order chi connectivity index (χ1) is 9.22. The lowest BCUT2D eigenvalue weighted by Gasteiger charge is -2.09. The van der Waals surface area contributed by atoms with Crippen LogP contribution < -0.4 is 10.7 Å². The predicted octanol–water partition coefficient (Wildman–Crippen LogP) is 1.82. The number of rotatable bonds is 0. The Morgan fingerprint density at radius 2 is 2.16 bits per heavy atom. The van der Waals surface area contributed by atoms with Gasteiger partial charge in [-0.1, -0.05) is 17.7 Å². The largest absolute Gasteiger partial charge is 0.299 e. The molecule has 1 aromatic carbocycles. The fraction of sp³-hybridized carbons (Fsp3) is 0.154. The molecule has 2 aliphatic rings. The standard InChI is InChI=1S/C13H7ClN4O/c14-9-5-11-8(12-13(9)17-18-16-12)4-6-3-7(19)1-2-10(6)15-11/h2,4-5H,1,3H2. The molecule has 0 bridgehead atoms. The van der Waals surface area contributed by atoms with Gasteiger partial charge in [-0.15, -0.1) is 10.2 Å². The number of carbonyl (C=O) groups excluding carboxylic acids is 1. The lowest BCUT2D eigenvalue weighted by Crippen LogP contribution is -2.22. The van der Waals surface area contributed by atoms with Crippen molar-refractivity contribution in [2.45, 2.75) is 12.8 Å². The van der Waals surface area contributed by atoms with Crippen molar-refractivity contribution in [1.29, 1.82) is 0 Å². The van der Waals surface area contributed by atoms with E-state index in [4.69, 9.17) is 11.6 Å². The molecule has 5 nitrogen and oxygen atoms in total. The Hall–Kier alpha value is -2.14. The van der Waals surface area contributed by atoms with Crippen molar-refractivity contribution in [3.8, 4) is 0 Å². The summed E-state index contributed by atoms with van der Waals surface area (Å²) in [6.45, 7) is 0. The highest BCUT2D eigenvalue weighted by Crippen LogP contribution is 2.27. The summed E-state index contributed by atoms with van der Waals surface area (Å²) in [5, 5.41) is 14.3. The van der Waals surface area contributed by atoms with Crippen LogP contribution in [-0.4, -0.2) is 10.8 Å². The van der Waals surface area contributed by atoms with Crippen molar-refractivity contribution in [3.63, 3.8) is 0 Å². The van der Waals surface area contributed by atoms with Crippen molar-refractivity contribution in [3.05, 3.63) is 33.4 Å². The first-order valence-electron chi connectivity index (χ1n) is 5.85. The molecule has 0 amide bonds. The van der Waals surface area contributed by atoms with E-state index in [-0.39, 0.29) is 5.78 Å². The van der Waals surface area contributed by atoms with Gasteiger partial charge in [0, 0.05) is 18.2 Å². The van der Waals surface area contributed by atoms with Gasteiger partial charge >= 0.3 is 0 Å². The second-order valence-electron chi connectivity index (χ2n) is 4.57. The van der Waals surface area contributed by atoms with Crippen molar-refractivity contribution < 1.29 is 4.79 Å². The number of pyridine rings is 1. The average molecular weight is 271 g/mol. The SMILES string of the molecule is O=C1CC=c2nc3cc(Cl)c4c(c3cc2C1)N=NN=4. The van der Waals surface area contributed by atoms with Crippen LogP contribution in [0.3, 0.4) is 0 Å². The van der Waals surface area contributed by atoms with Crippen LogP contribution in [0, 0.1) is 0 Å². The molecule has 0 unspecified atom stereocenters. The molecule has 1 aromatic heterocycles. The topological polar surface area (TPSA) is 67.0 Å². The van der Waals surface area contributed by atoms with Gasteiger partial charge in [-0.3, -0.25) is 4.79 Å². The monoisotopic (exact) mass is 270 g/mol. The Kier molecular flexibility index (Phi) is 2.08. The van der Waals surface area contributed by atoms with Crippen LogP contribution in [0.5, 0.6) is 0 Å². The molecule has 0 N–H and O–H groups in total. The summed E-state index contributed by atoms with van der Waals surface area (Å²) in [6.07, 6.45) is 2.72. The van der Waals surface area contributed by atoms with Gasteiger partial charge in [0.15, 0.2) is 0 Å². The second-order valence-corrected chi connectivity index (χ2v) is 4.98. The molecular formula is C13H7ClN4O. The van der Waals surface area contributed by atoms with Crippen molar-refractivity contribution in [2.75, 3.05) is 0 Å². The molecule has 19 heavy (non-hydrogen) atoms. The van der Waals surface area contributed by atoms with E-state index in [0.29, 0.717) is 28.9 Å². The molecule has 0 radical (unpaired) electrons. The first-order valence-corrected chi connectivity index (χ1v) is 6.23. The minimum atomic E-state index is 0.200. The Balaban J connectivity index is 2.15. The highest BCUT2D eigenvalue weighted by atomic mass is 35.5. The van der Waals surface area contributed by atoms with Gasteiger partial charge < -0.3 is 0 Å². The molecule has 0 saturated carbocycles. The molecule has 0 atom stereocenters. The molecule has 1 aliphatic heterocycles. The van der Waals surface area contributed by atoms with Crippen molar-refractivity contribution in [2.24, 2.45) is 15.4 Å². The fourth-order valence-electron chi connectivity index (χ4n) is 2.43. The number of fused-ring (bicyclic) bond motifs is 4. The normalized spacial score (nSPS) is 15.9. The maximum atomic E-state index is 11.5. The molecule has 4 rings (SSSR count). The van der Waals surface area contributed by atoms with E-state index >= 15 is 0 Å². The van der Waals surface area contributed by atoms with Gasteiger partial charge in [-0.2, -0.15) is 0 Å². The summed E-state index contributed by atoms with van der Waals surface area (Å²) in [5.41, 5.74) is 2.32. The molecule has 2 heterocycles. The van der Waals surface area contributed by atoms with E-state index in [1.54, 1.807) is 6.07 Å². The number of ketones is 1. The molecule has 2 aromatic rings. The van der Waals surface area contributed by atoms with E-state index in [9.17, 15) is 4.79 Å². The molecule has 92 valence electrons. The molecule has 0 fully saturated rings. The maximum Gasteiger partial charge on any atom is 0.141 e. The minimum Gasteiger partial charge on any atom is -0.299 e. The van der Waals surface area contributed by atoms with Gasteiger partial charge in [0.25, 0.3) is 0 Å². The quantitative estimate of drug-likeness (QED) is 0.733. The summed E-state index contributed by atoms with van der Waals surface area (Å²) in [7, 11) is 0. The van der Waals surface area contributed by atoms with Gasteiger partial charge in [-0.05, 0) is 22.9 Å².